The van der Waals surface area contributed by atoms with E-state index in [9.17, 15) is 0 Å². The van der Waals surface area contributed by atoms with Crippen molar-refractivity contribution < 1.29 is 13.9 Å². The zero-order valence-electron chi connectivity index (χ0n) is 11.8. The minimum absolute atomic E-state index is 0.408. The molecule has 0 aliphatic rings. The first-order chi connectivity index (χ1) is 9.78. The SMILES string of the molecule is COc1cc(CNCc2ccco2)cc(CN)c1OC. The first kappa shape index (κ1) is 14.4. The fourth-order valence-corrected chi connectivity index (χ4v) is 2.10. The van der Waals surface area contributed by atoms with Gasteiger partial charge in [-0.15, -0.1) is 0 Å². The molecule has 2 rings (SSSR count). The summed E-state index contributed by atoms with van der Waals surface area (Å²) in [7, 11) is 3.24. The van der Waals surface area contributed by atoms with Crippen LogP contribution in [0.15, 0.2) is 34.9 Å². The van der Waals surface area contributed by atoms with E-state index in [1.165, 1.54) is 0 Å². The van der Waals surface area contributed by atoms with E-state index in [1.54, 1.807) is 20.5 Å². The van der Waals surface area contributed by atoms with E-state index in [-0.39, 0.29) is 0 Å². The normalized spacial score (nSPS) is 10.6. The van der Waals surface area contributed by atoms with E-state index >= 15 is 0 Å². The van der Waals surface area contributed by atoms with Crippen molar-refractivity contribution in [2.75, 3.05) is 14.2 Å². The Balaban J connectivity index is 2.07. The standard InChI is InChI=1S/C15H20N2O3/c1-18-14-7-11(6-12(8-16)15(14)19-2)9-17-10-13-4-3-5-20-13/h3-7,17H,8-10,16H2,1-2H3. The quantitative estimate of drug-likeness (QED) is 0.810. The van der Waals surface area contributed by atoms with Gasteiger partial charge >= 0.3 is 0 Å². The molecule has 5 heteroatoms. The van der Waals surface area contributed by atoms with Gasteiger partial charge in [0.2, 0.25) is 0 Å². The number of nitrogens with two attached hydrogens (primary N) is 1. The van der Waals surface area contributed by atoms with Crippen molar-refractivity contribution in [3.05, 3.63) is 47.4 Å². The van der Waals surface area contributed by atoms with Gasteiger partial charge in [-0.2, -0.15) is 0 Å². The highest BCUT2D eigenvalue weighted by atomic mass is 16.5. The molecular weight excluding hydrogens is 256 g/mol. The predicted octanol–water partition coefficient (Wildman–Crippen LogP) is 2.05. The summed E-state index contributed by atoms with van der Waals surface area (Å²) in [6.45, 7) is 1.79. The third-order valence-corrected chi connectivity index (χ3v) is 3.04. The van der Waals surface area contributed by atoms with E-state index in [4.69, 9.17) is 19.6 Å². The first-order valence-electron chi connectivity index (χ1n) is 6.45. The molecule has 0 spiro atoms. The summed E-state index contributed by atoms with van der Waals surface area (Å²) in [4.78, 5) is 0. The highest BCUT2D eigenvalue weighted by molar-refractivity contribution is 5.49. The first-order valence-corrected chi connectivity index (χ1v) is 6.45. The molecule has 20 heavy (non-hydrogen) atoms. The molecule has 108 valence electrons. The topological polar surface area (TPSA) is 69.7 Å². The van der Waals surface area contributed by atoms with Gasteiger partial charge in [0.05, 0.1) is 27.0 Å². The van der Waals surface area contributed by atoms with Crippen molar-refractivity contribution >= 4 is 0 Å². The molecule has 0 radical (unpaired) electrons. The Morgan fingerprint density at radius 3 is 2.65 bits per heavy atom. The third-order valence-electron chi connectivity index (χ3n) is 3.04. The van der Waals surface area contributed by atoms with Gasteiger partial charge in [-0.25, -0.2) is 0 Å². The maximum Gasteiger partial charge on any atom is 0.165 e. The smallest absolute Gasteiger partial charge is 0.165 e. The van der Waals surface area contributed by atoms with Crippen molar-refractivity contribution in [1.29, 1.82) is 0 Å². The molecule has 2 aromatic rings. The molecule has 1 heterocycles. The second kappa shape index (κ2) is 6.98. The van der Waals surface area contributed by atoms with Crippen LogP contribution in [0.2, 0.25) is 0 Å². The van der Waals surface area contributed by atoms with Gasteiger partial charge in [0.1, 0.15) is 5.76 Å². The number of ether oxygens (including phenoxy) is 2. The van der Waals surface area contributed by atoms with Gasteiger partial charge in [0.15, 0.2) is 11.5 Å². The molecule has 0 aliphatic carbocycles. The average molecular weight is 276 g/mol. The number of nitrogens with one attached hydrogen (secondary N) is 1. The van der Waals surface area contributed by atoms with E-state index in [1.807, 2.05) is 24.3 Å². The number of methoxy groups -OCH3 is 2. The number of hydrogen-bond donors (Lipinski definition) is 2. The van der Waals surface area contributed by atoms with Crippen LogP contribution in [0.1, 0.15) is 16.9 Å². The van der Waals surface area contributed by atoms with Crippen molar-refractivity contribution in [2.24, 2.45) is 5.73 Å². The molecule has 1 aromatic carbocycles. The number of benzene rings is 1. The summed E-state index contributed by atoms with van der Waals surface area (Å²) in [5.74, 6) is 2.31. The fraction of sp³-hybridized carbons (Fsp3) is 0.333. The number of furan rings is 1. The second-order valence-corrected chi connectivity index (χ2v) is 4.38. The van der Waals surface area contributed by atoms with E-state index in [0.29, 0.717) is 31.1 Å². The lowest BCUT2D eigenvalue weighted by Gasteiger charge is -2.14. The molecule has 0 unspecified atom stereocenters. The number of rotatable bonds is 7. The van der Waals surface area contributed by atoms with Gasteiger partial charge in [-0.3, -0.25) is 0 Å². The summed E-state index contributed by atoms with van der Waals surface area (Å²) in [5, 5.41) is 3.31. The van der Waals surface area contributed by atoms with Gasteiger partial charge in [-0.05, 0) is 29.8 Å². The average Bonchev–Trinajstić information content (AvgIpc) is 2.99. The van der Waals surface area contributed by atoms with E-state index in [2.05, 4.69) is 5.32 Å². The van der Waals surface area contributed by atoms with Crippen molar-refractivity contribution in [1.82, 2.24) is 5.32 Å². The van der Waals surface area contributed by atoms with Gasteiger partial charge < -0.3 is 24.9 Å². The summed E-state index contributed by atoms with van der Waals surface area (Å²) in [6.07, 6.45) is 1.67. The van der Waals surface area contributed by atoms with Crippen LogP contribution < -0.4 is 20.5 Å². The second-order valence-electron chi connectivity index (χ2n) is 4.38. The van der Waals surface area contributed by atoms with Crippen molar-refractivity contribution in [3.8, 4) is 11.5 Å². The Bertz CT molecular complexity index is 513. The largest absolute Gasteiger partial charge is 0.493 e. The Kier molecular flexibility index (Phi) is 5.03. The molecular formula is C15H20N2O3. The van der Waals surface area contributed by atoms with Crippen LogP contribution in [0.4, 0.5) is 0 Å². The summed E-state index contributed by atoms with van der Waals surface area (Å²) in [5.41, 5.74) is 7.78. The van der Waals surface area contributed by atoms with Crippen LogP contribution in [0.25, 0.3) is 0 Å². The van der Waals surface area contributed by atoms with Crippen LogP contribution in [-0.4, -0.2) is 14.2 Å². The van der Waals surface area contributed by atoms with E-state index < -0.39 is 0 Å². The molecule has 0 saturated carbocycles. The summed E-state index contributed by atoms with van der Waals surface area (Å²) >= 11 is 0. The van der Waals surface area contributed by atoms with Crippen LogP contribution >= 0.6 is 0 Å². The predicted molar refractivity (Wildman–Crippen MR) is 76.7 cm³/mol. The molecule has 0 fully saturated rings. The lowest BCUT2D eigenvalue weighted by Crippen LogP contribution is -2.13. The fourth-order valence-electron chi connectivity index (χ4n) is 2.10. The number of hydrogen-bond acceptors (Lipinski definition) is 5. The Morgan fingerprint density at radius 1 is 1.20 bits per heavy atom. The highest BCUT2D eigenvalue weighted by Crippen LogP contribution is 2.32. The lowest BCUT2D eigenvalue weighted by atomic mass is 10.1. The molecule has 0 amide bonds. The van der Waals surface area contributed by atoms with Crippen molar-refractivity contribution in [3.63, 3.8) is 0 Å². The highest BCUT2D eigenvalue weighted by Gasteiger charge is 2.11. The maximum atomic E-state index is 5.75. The van der Waals surface area contributed by atoms with Crippen LogP contribution in [-0.2, 0) is 19.6 Å². The zero-order valence-corrected chi connectivity index (χ0v) is 11.8. The summed E-state index contributed by atoms with van der Waals surface area (Å²) in [6, 6.07) is 7.79. The maximum absolute atomic E-state index is 5.75. The Labute approximate surface area is 118 Å². The molecule has 1 aromatic heterocycles. The van der Waals surface area contributed by atoms with Crippen molar-refractivity contribution in [2.45, 2.75) is 19.6 Å². The molecule has 0 aliphatic heterocycles. The lowest BCUT2D eigenvalue weighted by molar-refractivity contribution is 0.351. The van der Waals surface area contributed by atoms with Crippen LogP contribution in [0.3, 0.4) is 0 Å². The minimum atomic E-state index is 0.408. The van der Waals surface area contributed by atoms with Gasteiger partial charge in [0, 0.05) is 18.7 Å². The molecule has 0 saturated heterocycles. The summed E-state index contributed by atoms with van der Waals surface area (Å²) < 4.78 is 16.0. The molecule has 0 bridgehead atoms. The van der Waals surface area contributed by atoms with Gasteiger partial charge in [0.25, 0.3) is 0 Å². The third kappa shape index (κ3) is 3.31. The molecule has 3 N–H and O–H groups in total. The van der Waals surface area contributed by atoms with Crippen LogP contribution in [0, 0.1) is 0 Å². The Morgan fingerprint density at radius 2 is 2.05 bits per heavy atom. The molecule has 0 atom stereocenters. The zero-order chi connectivity index (χ0) is 14.4. The van der Waals surface area contributed by atoms with Crippen LogP contribution in [0.5, 0.6) is 11.5 Å². The Hall–Kier alpha value is -1.98. The van der Waals surface area contributed by atoms with E-state index in [0.717, 1.165) is 16.9 Å². The minimum Gasteiger partial charge on any atom is -0.493 e. The molecule has 5 nitrogen and oxygen atoms in total. The monoisotopic (exact) mass is 276 g/mol. The van der Waals surface area contributed by atoms with Gasteiger partial charge in [-0.1, -0.05) is 0 Å².